The van der Waals surface area contributed by atoms with Gasteiger partial charge in [0.1, 0.15) is 5.75 Å². The predicted molar refractivity (Wildman–Crippen MR) is 57.7 cm³/mol. The van der Waals surface area contributed by atoms with E-state index >= 15 is 0 Å². The van der Waals surface area contributed by atoms with Gasteiger partial charge in [0.2, 0.25) is 0 Å². The van der Waals surface area contributed by atoms with Crippen LogP contribution in [0.3, 0.4) is 0 Å². The summed E-state index contributed by atoms with van der Waals surface area (Å²) in [7, 11) is 0. The fourth-order valence-corrected chi connectivity index (χ4v) is 1.24. The number of carbonyl (C=O) groups excluding carboxylic acids is 1. The Bertz CT molecular complexity index is 388. The molecule has 0 aromatic heterocycles. The van der Waals surface area contributed by atoms with Crippen LogP contribution in [0.15, 0.2) is 18.2 Å². The molecule has 1 aromatic carbocycles. The molecule has 0 aliphatic heterocycles. The predicted octanol–water partition coefficient (Wildman–Crippen LogP) is 1.26. The number of anilines is 2. The maximum absolute atomic E-state index is 11.4. The lowest BCUT2D eigenvalue weighted by Crippen LogP contribution is -2.30. The number of phenols is 1. The molecular weight excluding hydrogens is 194 g/mol. The molecule has 5 nitrogen and oxygen atoms in total. The van der Waals surface area contributed by atoms with Gasteiger partial charge in [0.05, 0.1) is 11.4 Å². The summed E-state index contributed by atoms with van der Waals surface area (Å²) in [6, 6.07) is 4.49. The van der Waals surface area contributed by atoms with E-state index < -0.39 is 0 Å². The highest BCUT2D eigenvalue weighted by molar-refractivity contribution is 5.93. The smallest absolute Gasteiger partial charge is 0.319 e. The van der Waals surface area contributed by atoms with Gasteiger partial charge in [-0.1, -0.05) is 0 Å². The van der Waals surface area contributed by atoms with Crippen LogP contribution in [0, 0.1) is 0 Å². The van der Waals surface area contributed by atoms with Gasteiger partial charge in [0.15, 0.2) is 0 Å². The van der Waals surface area contributed by atoms with Crippen molar-refractivity contribution in [3.63, 3.8) is 0 Å². The summed E-state index contributed by atoms with van der Waals surface area (Å²) in [5.74, 6) is 0.0839. The Morgan fingerprint density at radius 3 is 2.80 bits per heavy atom. The lowest BCUT2D eigenvalue weighted by atomic mass is 10.2. The van der Waals surface area contributed by atoms with E-state index in [0.717, 1.165) is 12.8 Å². The van der Waals surface area contributed by atoms with Crippen LogP contribution in [0.1, 0.15) is 12.8 Å². The molecule has 1 aromatic rings. The Hall–Kier alpha value is -1.91. The van der Waals surface area contributed by atoms with E-state index in [1.807, 2.05) is 0 Å². The third-order valence-electron chi connectivity index (χ3n) is 2.20. The monoisotopic (exact) mass is 207 g/mol. The van der Waals surface area contributed by atoms with Crippen LogP contribution in [-0.2, 0) is 0 Å². The molecule has 0 heterocycles. The lowest BCUT2D eigenvalue weighted by Gasteiger charge is -2.08. The average molecular weight is 207 g/mol. The van der Waals surface area contributed by atoms with E-state index in [4.69, 9.17) is 10.8 Å². The zero-order valence-corrected chi connectivity index (χ0v) is 8.16. The Morgan fingerprint density at radius 1 is 1.47 bits per heavy atom. The zero-order valence-electron chi connectivity index (χ0n) is 8.16. The number of rotatable bonds is 2. The summed E-state index contributed by atoms with van der Waals surface area (Å²) in [5.41, 5.74) is 6.47. The van der Waals surface area contributed by atoms with Crippen LogP contribution in [0.2, 0.25) is 0 Å². The molecule has 1 aliphatic rings. The maximum Gasteiger partial charge on any atom is 0.319 e. The molecule has 0 bridgehead atoms. The van der Waals surface area contributed by atoms with Gasteiger partial charge in [-0.3, -0.25) is 0 Å². The first-order valence-electron chi connectivity index (χ1n) is 4.81. The molecule has 0 spiro atoms. The highest BCUT2D eigenvalue weighted by atomic mass is 16.3. The highest BCUT2D eigenvalue weighted by Crippen LogP contribution is 2.23. The van der Waals surface area contributed by atoms with Crippen molar-refractivity contribution in [3.8, 4) is 5.75 Å². The molecule has 1 fully saturated rings. The lowest BCUT2D eigenvalue weighted by molar-refractivity contribution is 0.251. The number of hydrogen-bond acceptors (Lipinski definition) is 3. The van der Waals surface area contributed by atoms with Crippen molar-refractivity contribution in [3.05, 3.63) is 18.2 Å². The number of urea groups is 1. The number of phenolic OH excluding ortho intramolecular Hbond substituents is 1. The summed E-state index contributed by atoms with van der Waals surface area (Å²) in [5, 5.41) is 14.5. The number of aromatic hydroxyl groups is 1. The standard InChI is InChI=1S/C10H13N3O2/c11-8-5-7(14)3-4-9(8)13-10(15)12-6-1-2-6/h3-6,14H,1-2,11H2,(H2,12,13,15). The Labute approximate surface area is 87.3 Å². The summed E-state index contributed by atoms with van der Waals surface area (Å²) in [6.45, 7) is 0. The molecule has 1 saturated carbocycles. The number of amides is 2. The van der Waals surface area contributed by atoms with Crippen LogP contribution < -0.4 is 16.4 Å². The number of nitrogens with two attached hydrogens (primary N) is 1. The van der Waals surface area contributed by atoms with Crippen LogP contribution in [0.25, 0.3) is 0 Å². The topological polar surface area (TPSA) is 87.4 Å². The number of hydrogen-bond donors (Lipinski definition) is 4. The largest absolute Gasteiger partial charge is 0.508 e. The first-order valence-corrected chi connectivity index (χ1v) is 4.81. The minimum atomic E-state index is -0.255. The van der Waals surface area contributed by atoms with Gasteiger partial charge in [-0.15, -0.1) is 0 Å². The van der Waals surface area contributed by atoms with Crippen molar-refractivity contribution in [1.82, 2.24) is 5.32 Å². The first-order chi connectivity index (χ1) is 7.15. The molecule has 0 unspecified atom stereocenters. The second kappa shape index (κ2) is 3.68. The van der Waals surface area contributed by atoms with E-state index in [1.54, 1.807) is 6.07 Å². The van der Waals surface area contributed by atoms with Crippen molar-refractivity contribution in [2.75, 3.05) is 11.1 Å². The number of nitrogen functional groups attached to an aromatic ring is 1. The molecule has 2 amide bonds. The second-order valence-corrected chi connectivity index (χ2v) is 3.64. The minimum Gasteiger partial charge on any atom is -0.508 e. The van der Waals surface area contributed by atoms with Gasteiger partial charge in [0, 0.05) is 12.1 Å². The molecule has 5 N–H and O–H groups in total. The van der Waals surface area contributed by atoms with Crippen molar-refractivity contribution < 1.29 is 9.90 Å². The van der Waals surface area contributed by atoms with E-state index in [2.05, 4.69) is 10.6 Å². The van der Waals surface area contributed by atoms with Crippen molar-refractivity contribution in [2.24, 2.45) is 0 Å². The fraction of sp³-hybridized carbons (Fsp3) is 0.300. The average Bonchev–Trinajstić information content (AvgIpc) is 2.94. The third-order valence-corrected chi connectivity index (χ3v) is 2.20. The summed E-state index contributed by atoms with van der Waals surface area (Å²) in [6.07, 6.45) is 2.08. The van der Waals surface area contributed by atoms with Gasteiger partial charge in [-0.25, -0.2) is 4.79 Å². The quantitative estimate of drug-likeness (QED) is 0.435. The number of carbonyl (C=O) groups is 1. The second-order valence-electron chi connectivity index (χ2n) is 3.64. The van der Waals surface area contributed by atoms with Gasteiger partial charge in [0.25, 0.3) is 0 Å². The van der Waals surface area contributed by atoms with Crippen molar-refractivity contribution >= 4 is 17.4 Å². The van der Waals surface area contributed by atoms with E-state index in [0.29, 0.717) is 17.4 Å². The van der Waals surface area contributed by atoms with Gasteiger partial charge in [-0.2, -0.15) is 0 Å². The molecule has 0 saturated heterocycles. The van der Waals surface area contributed by atoms with Crippen LogP contribution >= 0.6 is 0 Å². The SMILES string of the molecule is Nc1cc(O)ccc1NC(=O)NC1CC1. The van der Waals surface area contributed by atoms with E-state index in [9.17, 15) is 4.79 Å². The van der Waals surface area contributed by atoms with Crippen molar-refractivity contribution in [1.29, 1.82) is 0 Å². The fourth-order valence-electron chi connectivity index (χ4n) is 1.24. The summed E-state index contributed by atoms with van der Waals surface area (Å²) in [4.78, 5) is 11.4. The molecule has 15 heavy (non-hydrogen) atoms. The normalized spacial score (nSPS) is 14.7. The Morgan fingerprint density at radius 2 is 2.20 bits per heavy atom. The van der Waals surface area contributed by atoms with Crippen LogP contribution in [0.4, 0.5) is 16.2 Å². The Balaban J connectivity index is 1.99. The zero-order chi connectivity index (χ0) is 10.8. The molecule has 80 valence electrons. The highest BCUT2D eigenvalue weighted by Gasteiger charge is 2.23. The molecular formula is C10H13N3O2. The van der Waals surface area contributed by atoms with Gasteiger partial charge < -0.3 is 21.5 Å². The first kappa shape index (κ1) is 9.64. The summed E-state index contributed by atoms with van der Waals surface area (Å²) < 4.78 is 0. The van der Waals surface area contributed by atoms with Gasteiger partial charge >= 0.3 is 6.03 Å². The van der Waals surface area contributed by atoms with Crippen LogP contribution in [0.5, 0.6) is 5.75 Å². The molecule has 2 rings (SSSR count). The summed E-state index contributed by atoms with van der Waals surface area (Å²) >= 11 is 0. The van der Waals surface area contributed by atoms with Crippen LogP contribution in [-0.4, -0.2) is 17.2 Å². The molecule has 1 aliphatic carbocycles. The molecule has 0 radical (unpaired) electrons. The van der Waals surface area contributed by atoms with E-state index in [1.165, 1.54) is 12.1 Å². The number of nitrogens with one attached hydrogen (secondary N) is 2. The number of benzene rings is 1. The molecule has 0 atom stereocenters. The van der Waals surface area contributed by atoms with Crippen molar-refractivity contribution in [2.45, 2.75) is 18.9 Å². The van der Waals surface area contributed by atoms with Gasteiger partial charge in [-0.05, 0) is 25.0 Å². The third kappa shape index (κ3) is 2.52. The Kier molecular flexibility index (Phi) is 2.37. The maximum atomic E-state index is 11.4. The van der Waals surface area contributed by atoms with E-state index in [-0.39, 0.29) is 11.8 Å². The molecule has 5 heteroatoms. The minimum absolute atomic E-state index is 0.0839.